The van der Waals surface area contributed by atoms with Crippen molar-refractivity contribution in [3.63, 3.8) is 0 Å². The summed E-state index contributed by atoms with van der Waals surface area (Å²) in [5.41, 5.74) is 2.66. The summed E-state index contributed by atoms with van der Waals surface area (Å²) in [4.78, 5) is 19.5. The van der Waals surface area contributed by atoms with Crippen LogP contribution in [0.4, 0.5) is 15.9 Å². The second-order valence-corrected chi connectivity index (χ2v) is 3.92. The molecule has 0 saturated carbocycles. The van der Waals surface area contributed by atoms with Gasteiger partial charge in [-0.25, -0.2) is 20.2 Å². The molecule has 1 aromatic heterocycles. The second-order valence-electron chi connectivity index (χ2n) is 3.51. The van der Waals surface area contributed by atoms with E-state index in [1.807, 2.05) is 0 Å². The maximum Gasteiger partial charge on any atom is 0.275 e. The van der Waals surface area contributed by atoms with Gasteiger partial charge in [-0.2, -0.15) is 0 Å². The standard InChI is InChI=1S/C11H9ClFN5O/c12-7-3-6(13)1-2-8(7)17-11(19)9-4-16-10(18-14)5-15-9/h1-5H,14H2,(H,16,18)(H,17,19). The van der Waals surface area contributed by atoms with Gasteiger partial charge in [0.25, 0.3) is 5.91 Å². The summed E-state index contributed by atoms with van der Waals surface area (Å²) in [5.74, 6) is 4.46. The van der Waals surface area contributed by atoms with Gasteiger partial charge in [-0.05, 0) is 18.2 Å². The lowest BCUT2D eigenvalue weighted by molar-refractivity contribution is 0.102. The number of carbonyl (C=O) groups is 1. The molecule has 1 aromatic carbocycles. The average molecular weight is 282 g/mol. The van der Waals surface area contributed by atoms with Crippen molar-refractivity contribution in [2.75, 3.05) is 10.7 Å². The highest BCUT2D eigenvalue weighted by atomic mass is 35.5. The van der Waals surface area contributed by atoms with Crippen molar-refractivity contribution in [3.8, 4) is 0 Å². The Balaban J connectivity index is 2.15. The number of aromatic nitrogens is 2. The van der Waals surface area contributed by atoms with Gasteiger partial charge in [0.1, 0.15) is 11.5 Å². The van der Waals surface area contributed by atoms with Crippen LogP contribution in [0.1, 0.15) is 10.5 Å². The lowest BCUT2D eigenvalue weighted by Gasteiger charge is -2.06. The Labute approximate surface area is 112 Å². The smallest absolute Gasteiger partial charge is 0.275 e. The molecule has 19 heavy (non-hydrogen) atoms. The SMILES string of the molecule is NNc1cnc(C(=O)Nc2ccc(F)cc2Cl)cn1. The first kappa shape index (κ1) is 13.2. The number of nitrogens with one attached hydrogen (secondary N) is 2. The average Bonchev–Trinajstić information content (AvgIpc) is 2.42. The minimum Gasteiger partial charge on any atom is -0.319 e. The number of hydrogen-bond acceptors (Lipinski definition) is 5. The molecule has 0 radical (unpaired) electrons. The van der Waals surface area contributed by atoms with Gasteiger partial charge in [-0.3, -0.25) is 4.79 Å². The molecule has 0 aliphatic rings. The molecular formula is C11H9ClFN5O. The number of amides is 1. The quantitative estimate of drug-likeness (QED) is 0.589. The third-order valence-corrected chi connectivity index (χ3v) is 2.52. The number of hydrogen-bond donors (Lipinski definition) is 3. The van der Waals surface area contributed by atoms with Gasteiger partial charge in [0.2, 0.25) is 0 Å². The van der Waals surface area contributed by atoms with Gasteiger partial charge in [0.15, 0.2) is 5.82 Å². The van der Waals surface area contributed by atoms with E-state index in [9.17, 15) is 9.18 Å². The van der Waals surface area contributed by atoms with E-state index in [0.717, 1.165) is 6.07 Å². The van der Waals surface area contributed by atoms with Crippen molar-refractivity contribution in [2.24, 2.45) is 5.84 Å². The van der Waals surface area contributed by atoms with Crippen LogP contribution in [-0.2, 0) is 0 Å². The molecule has 2 aromatic rings. The highest BCUT2D eigenvalue weighted by molar-refractivity contribution is 6.33. The van der Waals surface area contributed by atoms with Crippen LogP contribution < -0.4 is 16.6 Å². The van der Waals surface area contributed by atoms with Crippen molar-refractivity contribution in [3.05, 3.63) is 47.1 Å². The van der Waals surface area contributed by atoms with Crippen molar-refractivity contribution in [2.45, 2.75) is 0 Å². The number of benzene rings is 1. The van der Waals surface area contributed by atoms with E-state index in [1.165, 1.54) is 24.5 Å². The fraction of sp³-hybridized carbons (Fsp3) is 0. The molecule has 0 fully saturated rings. The van der Waals surface area contributed by atoms with E-state index in [1.54, 1.807) is 0 Å². The summed E-state index contributed by atoms with van der Waals surface area (Å²) in [5, 5.41) is 2.60. The van der Waals surface area contributed by atoms with Crippen molar-refractivity contribution in [1.82, 2.24) is 9.97 Å². The molecule has 0 bridgehead atoms. The van der Waals surface area contributed by atoms with E-state index in [0.29, 0.717) is 5.82 Å². The number of halogens is 2. The second kappa shape index (κ2) is 5.59. The first-order chi connectivity index (χ1) is 9.10. The zero-order valence-corrected chi connectivity index (χ0v) is 10.3. The van der Waals surface area contributed by atoms with Crippen LogP contribution in [0.25, 0.3) is 0 Å². The lowest BCUT2D eigenvalue weighted by atomic mass is 10.3. The summed E-state index contributed by atoms with van der Waals surface area (Å²) in [6.45, 7) is 0. The molecular weight excluding hydrogens is 273 g/mol. The van der Waals surface area contributed by atoms with Crippen LogP contribution in [0.15, 0.2) is 30.6 Å². The molecule has 4 N–H and O–H groups in total. The summed E-state index contributed by atoms with van der Waals surface area (Å²) < 4.78 is 12.9. The van der Waals surface area contributed by atoms with E-state index in [-0.39, 0.29) is 16.4 Å². The largest absolute Gasteiger partial charge is 0.319 e. The fourth-order valence-electron chi connectivity index (χ4n) is 1.30. The summed E-state index contributed by atoms with van der Waals surface area (Å²) in [6, 6.07) is 3.65. The summed E-state index contributed by atoms with van der Waals surface area (Å²) >= 11 is 5.79. The highest BCUT2D eigenvalue weighted by Crippen LogP contribution is 2.22. The molecule has 0 aliphatic heterocycles. The molecule has 2 rings (SSSR count). The Morgan fingerprint density at radius 3 is 2.68 bits per heavy atom. The molecule has 0 aliphatic carbocycles. The first-order valence-corrected chi connectivity index (χ1v) is 5.53. The van der Waals surface area contributed by atoms with Crippen LogP contribution >= 0.6 is 11.6 Å². The van der Waals surface area contributed by atoms with Crippen molar-refractivity contribution >= 4 is 29.0 Å². The minimum absolute atomic E-state index is 0.0828. The zero-order chi connectivity index (χ0) is 13.8. The predicted molar refractivity (Wildman–Crippen MR) is 69.2 cm³/mol. The molecule has 0 atom stereocenters. The van der Waals surface area contributed by atoms with Crippen molar-refractivity contribution in [1.29, 1.82) is 0 Å². The molecule has 8 heteroatoms. The maximum atomic E-state index is 12.9. The number of nitrogens with zero attached hydrogens (tertiary/aromatic N) is 2. The third-order valence-electron chi connectivity index (χ3n) is 2.21. The van der Waals surface area contributed by atoms with E-state index in [4.69, 9.17) is 17.4 Å². The minimum atomic E-state index is -0.510. The van der Waals surface area contributed by atoms with Gasteiger partial charge >= 0.3 is 0 Å². The van der Waals surface area contributed by atoms with Gasteiger partial charge in [0.05, 0.1) is 23.1 Å². The highest BCUT2D eigenvalue weighted by Gasteiger charge is 2.10. The number of rotatable bonds is 3. The predicted octanol–water partition coefficient (Wildman–Crippen LogP) is 1.81. The fourth-order valence-corrected chi connectivity index (χ4v) is 1.51. The van der Waals surface area contributed by atoms with Crippen LogP contribution in [0.5, 0.6) is 0 Å². The van der Waals surface area contributed by atoms with Gasteiger partial charge in [-0.15, -0.1) is 0 Å². The molecule has 1 heterocycles. The lowest BCUT2D eigenvalue weighted by Crippen LogP contribution is -2.15. The van der Waals surface area contributed by atoms with E-state index < -0.39 is 11.7 Å². The molecule has 0 unspecified atom stereocenters. The molecule has 6 nitrogen and oxygen atoms in total. The summed E-state index contributed by atoms with van der Waals surface area (Å²) in [6.07, 6.45) is 2.56. The summed E-state index contributed by atoms with van der Waals surface area (Å²) in [7, 11) is 0. The molecule has 1 amide bonds. The number of carbonyl (C=O) groups excluding carboxylic acids is 1. The maximum absolute atomic E-state index is 12.9. The van der Waals surface area contributed by atoms with Crippen LogP contribution in [0, 0.1) is 5.82 Å². The van der Waals surface area contributed by atoms with Gasteiger partial charge in [0, 0.05) is 0 Å². The Morgan fingerprint density at radius 1 is 1.32 bits per heavy atom. The zero-order valence-electron chi connectivity index (χ0n) is 9.52. The normalized spacial score (nSPS) is 10.1. The molecule has 0 saturated heterocycles. The number of nitrogen functional groups attached to an aromatic ring is 1. The Bertz CT molecular complexity index is 605. The first-order valence-electron chi connectivity index (χ1n) is 5.15. The van der Waals surface area contributed by atoms with E-state index >= 15 is 0 Å². The van der Waals surface area contributed by atoms with Crippen LogP contribution in [-0.4, -0.2) is 15.9 Å². The monoisotopic (exact) mass is 281 g/mol. The van der Waals surface area contributed by atoms with Crippen LogP contribution in [0.2, 0.25) is 5.02 Å². The Hall–Kier alpha value is -2.25. The Kier molecular flexibility index (Phi) is 3.88. The van der Waals surface area contributed by atoms with Crippen molar-refractivity contribution < 1.29 is 9.18 Å². The topological polar surface area (TPSA) is 92.9 Å². The molecule has 98 valence electrons. The third kappa shape index (κ3) is 3.15. The number of anilines is 2. The van der Waals surface area contributed by atoms with Gasteiger partial charge < -0.3 is 10.7 Å². The van der Waals surface area contributed by atoms with Gasteiger partial charge in [-0.1, -0.05) is 11.6 Å². The van der Waals surface area contributed by atoms with Crippen LogP contribution in [0.3, 0.4) is 0 Å². The number of hydrazine groups is 1. The van der Waals surface area contributed by atoms with E-state index in [2.05, 4.69) is 20.7 Å². The molecule has 0 spiro atoms. The number of nitrogens with two attached hydrogens (primary N) is 1. The Morgan fingerprint density at radius 2 is 2.11 bits per heavy atom.